The van der Waals surface area contributed by atoms with Gasteiger partial charge < -0.3 is 43.1 Å². The van der Waals surface area contributed by atoms with Crippen LogP contribution in [0, 0.1) is 14.9 Å². The van der Waals surface area contributed by atoms with E-state index >= 15 is 8.78 Å². The molecule has 6 heterocycles. The van der Waals surface area contributed by atoms with Crippen molar-refractivity contribution in [3.05, 3.63) is 60.6 Å². The lowest BCUT2D eigenvalue weighted by molar-refractivity contribution is -0.238. The summed E-state index contributed by atoms with van der Waals surface area (Å²) in [6, 6.07) is 0.911. The number of imidazole rings is 1. The Labute approximate surface area is 251 Å². The average Bonchev–Trinajstić information content (AvgIpc) is 3.57. The number of nitrogens with one attached hydrogen (secondary N) is 1. The Morgan fingerprint density at radius 2 is 1.59 bits per heavy atom. The minimum Gasteiger partial charge on any atom is -0.780 e. The first-order chi connectivity index (χ1) is 19.8. The molecule has 3 N–H and O–H groups in total. The van der Waals surface area contributed by atoms with E-state index in [1.807, 2.05) is 4.98 Å². The van der Waals surface area contributed by atoms with Gasteiger partial charge in [0.2, 0.25) is 0 Å². The van der Waals surface area contributed by atoms with E-state index in [0.29, 0.717) is 4.57 Å². The molecule has 0 saturated carbocycles. The standard InChI is InChI=1S/C19H21F2N7O11P2S.2CH3/c20-10-13-8(37-18(10)28-6-25-12-15(22)23-5-24-16(12)28)4-35-41(33,42)39-14-7(3-34-40(31,32)38-13)36-17(11(14)21)27-2-1-9(29)26-19(27)30;;/h1-2,5-8,10-11,13-14,17-18H,3-4H2,(H,31,32)(H,33,42)(H2,22,23,24)(H,26,29,30);2*1H3/q;2*+1/p-2/t7-,8-,10-,11-,13-,14-,17-,18-,41?;;/m1../s1. The van der Waals surface area contributed by atoms with Gasteiger partial charge in [0.15, 0.2) is 36.3 Å². The molecule has 2 unspecified atom stereocenters. The Morgan fingerprint density at radius 1 is 0.977 bits per heavy atom. The molecule has 0 aliphatic carbocycles. The first-order valence-corrected chi connectivity index (χ1v) is 16.0. The van der Waals surface area contributed by atoms with Crippen LogP contribution in [0.1, 0.15) is 12.5 Å². The van der Waals surface area contributed by atoms with E-state index < -0.39 is 88.2 Å². The molecule has 3 aromatic heterocycles. The van der Waals surface area contributed by atoms with Gasteiger partial charge in [0.25, 0.3) is 13.4 Å². The number of fused-ring (bicyclic) bond motifs is 3. The maximum Gasteiger partial charge on any atom is 0.330 e. The number of hydrogen-bond donors (Lipinski definition) is 2. The summed E-state index contributed by atoms with van der Waals surface area (Å²) in [5, 5.41) is 0. The highest BCUT2D eigenvalue weighted by atomic mass is 32.5. The normalized spacial score (nSPS) is 37.5. The van der Waals surface area contributed by atoms with Gasteiger partial charge in [-0.05, 0) is 0 Å². The number of aromatic nitrogens is 6. The number of ether oxygens (including phenoxy) is 2. The zero-order valence-corrected chi connectivity index (χ0v) is 25.3. The van der Waals surface area contributed by atoms with Crippen molar-refractivity contribution in [2.24, 2.45) is 0 Å². The van der Waals surface area contributed by atoms with Crippen molar-refractivity contribution < 1.29 is 50.7 Å². The van der Waals surface area contributed by atoms with Crippen LogP contribution in [0.15, 0.2) is 34.5 Å². The zero-order chi connectivity index (χ0) is 30.0. The van der Waals surface area contributed by atoms with Gasteiger partial charge in [-0.3, -0.25) is 23.5 Å². The van der Waals surface area contributed by atoms with Gasteiger partial charge in [-0.15, -0.1) is 0 Å². The lowest BCUT2D eigenvalue weighted by Gasteiger charge is -2.36. The molecule has 3 aliphatic heterocycles. The molecule has 3 fully saturated rings. The summed E-state index contributed by atoms with van der Waals surface area (Å²) in [4.78, 5) is 63.1. The number of phosphoric acid groups is 1. The summed E-state index contributed by atoms with van der Waals surface area (Å²) in [7, 11) is -5.38. The van der Waals surface area contributed by atoms with Gasteiger partial charge in [0.1, 0.15) is 43.0 Å². The molecule has 3 aliphatic rings. The van der Waals surface area contributed by atoms with Crippen molar-refractivity contribution in [2.75, 3.05) is 18.9 Å². The lowest BCUT2D eigenvalue weighted by Crippen LogP contribution is -2.39. The predicted octanol–water partition coefficient (Wildman–Crippen LogP) is -0.799. The quantitative estimate of drug-likeness (QED) is 0.248. The van der Waals surface area contributed by atoms with Crippen LogP contribution >= 0.6 is 14.5 Å². The van der Waals surface area contributed by atoms with Crippen LogP contribution in [-0.2, 0) is 43.9 Å². The second-order valence-corrected chi connectivity index (χ2v) is 13.3. The molecular formula is C21H25F2N7O11P2S. The highest BCUT2D eigenvalue weighted by Crippen LogP contribution is 2.51. The molecule has 0 aromatic carbocycles. The molecule has 0 bridgehead atoms. The molecule has 0 radical (unpaired) electrons. The molecule has 10 atom stereocenters. The van der Waals surface area contributed by atoms with Crippen LogP contribution in [-0.4, -0.2) is 79.0 Å². The minimum absolute atomic E-state index is 0. The van der Waals surface area contributed by atoms with Crippen LogP contribution in [0.5, 0.6) is 0 Å². The summed E-state index contributed by atoms with van der Waals surface area (Å²) in [6.45, 7) is -6.43. The molecule has 44 heavy (non-hydrogen) atoms. The van der Waals surface area contributed by atoms with Crippen LogP contribution in [0.25, 0.3) is 11.2 Å². The molecule has 23 heteroatoms. The SMILES string of the molecule is Nc1ncnc2c1ncn2[C@@H]1O[C@@H]2COP([O-])(=S)O[C@H]3[C@@H](F)[C@H](n4ccc(=O)[nH]c4=O)O[C@@H]3COP(=O)([O-])O[C@H]2[C@H]1F.[CH3+].[CH3+]. The van der Waals surface area contributed by atoms with E-state index in [4.69, 9.17) is 45.1 Å². The number of rotatable bonds is 2. The van der Waals surface area contributed by atoms with Crippen LogP contribution in [0.3, 0.4) is 0 Å². The number of H-pyrrole nitrogens is 1. The molecule has 0 amide bonds. The third kappa shape index (κ3) is 6.31. The summed E-state index contributed by atoms with van der Waals surface area (Å²) in [6.07, 6.45) is -11.7. The van der Waals surface area contributed by atoms with Crippen LogP contribution in [0.2, 0.25) is 0 Å². The Bertz CT molecular complexity index is 1730. The fourth-order valence-electron chi connectivity index (χ4n) is 4.73. The van der Waals surface area contributed by atoms with Crippen molar-refractivity contribution in [2.45, 2.75) is 49.2 Å². The number of anilines is 1. The van der Waals surface area contributed by atoms with E-state index in [1.54, 1.807) is 0 Å². The molecule has 3 saturated heterocycles. The number of phosphoric ester groups is 1. The van der Waals surface area contributed by atoms with Crippen molar-refractivity contribution in [1.29, 1.82) is 0 Å². The summed E-state index contributed by atoms with van der Waals surface area (Å²) >= 11 is 4.90. The third-order valence-corrected chi connectivity index (χ3v) is 9.12. The van der Waals surface area contributed by atoms with Crippen molar-refractivity contribution in [3.8, 4) is 0 Å². The topological polar surface area (TPSA) is 243 Å². The largest absolute Gasteiger partial charge is 0.780 e. The second kappa shape index (κ2) is 12.5. The highest BCUT2D eigenvalue weighted by Gasteiger charge is 2.52. The number of nitrogen functional groups attached to an aromatic ring is 1. The molecular weight excluding hydrogens is 658 g/mol. The van der Waals surface area contributed by atoms with E-state index in [0.717, 1.165) is 29.5 Å². The summed E-state index contributed by atoms with van der Waals surface area (Å²) in [5.74, 6) is -0.00789. The van der Waals surface area contributed by atoms with Crippen LogP contribution < -0.4 is 26.8 Å². The first-order valence-electron chi connectivity index (χ1n) is 11.9. The molecule has 0 spiro atoms. The molecule has 6 rings (SSSR count). The van der Waals surface area contributed by atoms with Gasteiger partial charge in [0, 0.05) is 27.1 Å². The zero-order valence-electron chi connectivity index (χ0n) is 22.7. The molecule has 240 valence electrons. The van der Waals surface area contributed by atoms with E-state index in [-0.39, 0.29) is 31.8 Å². The second-order valence-electron chi connectivity index (χ2n) is 9.25. The summed E-state index contributed by atoms with van der Waals surface area (Å²) < 4.78 is 77.2. The minimum atomic E-state index is -5.38. The van der Waals surface area contributed by atoms with Gasteiger partial charge in [-0.1, -0.05) is 11.8 Å². The van der Waals surface area contributed by atoms with Crippen molar-refractivity contribution >= 4 is 43.3 Å². The highest BCUT2D eigenvalue weighted by molar-refractivity contribution is 8.06. The van der Waals surface area contributed by atoms with Crippen LogP contribution in [0.4, 0.5) is 14.6 Å². The van der Waals surface area contributed by atoms with Gasteiger partial charge in [0.05, 0.1) is 19.5 Å². The monoisotopic (exact) mass is 683 g/mol. The van der Waals surface area contributed by atoms with Gasteiger partial charge in [-0.2, -0.15) is 0 Å². The number of hydrogen-bond acceptors (Lipinski definition) is 16. The number of alkyl halides is 2. The van der Waals surface area contributed by atoms with Crippen molar-refractivity contribution in [1.82, 2.24) is 29.1 Å². The fraction of sp³-hybridized carbons (Fsp3) is 0.476. The Balaban J connectivity index is 0.00000221. The summed E-state index contributed by atoms with van der Waals surface area (Å²) in [5.41, 5.74) is 4.11. The number of nitrogens with zero attached hydrogens (tertiary/aromatic N) is 5. The van der Waals surface area contributed by atoms with E-state index in [9.17, 15) is 23.9 Å². The Hall–Kier alpha value is -2.81. The first kappa shape index (κ1) is 34.1. The molecule has 18 nitrogen and oxygen atoms in total. The maximum absolute atomic E-state index is 15.7. The van der Waals surface area contributed by atoms with Crippen molar-refractivity contribution in [3.63, 3.8) is 0 Å². The number of halogens is 2. The molecule has 3 aromatic rings. The van der Waals surface area contributed by atoms with Gasteiger partial charge in [-0.25, -0.2) is 28.5 Å². The fourth-order valence-corrected chi connectivity index (χ4v) is 7.09. The number of nitrogens with two attached hydrogens (primary N) is 1. The smallest absolute Gasteiger partial charge is 0.330 e. The maximum atomic E-state index is 15.7. The lowest BCUT2D eigenvalue weighted by atomic mass is 10.1. The number of aromatic amines is 1. The van der Waals surface area contributed by atoms with E-state index in [1.165, 1.54) is 0 Å². The predicted molar refractivity (Wildman–Crippen MR) is 145 cm³/mol. The van der Waals surface area contributed by atoms with E-state index in [2.05, 4.69) is 15.0 Å². The average molecular weight is 683 g/mol. The third-order valence-electron chi connectivity index (χ3n) is 6.62. The van der Waals surface area contributed by atoms with Gasteiger partial charge >= 0.3 is 5.69 Å². The Morgan fingerprint density at radius 3 is 2.25 bits per heavy atom. The Kier molecular flexibility index (Phi) is 9.70.